The van der Waals surface area contributed by atoms with E-state index in [-0.39, 0.29) is 23.7 Å². The quantitative estimate of drug-likeness (QED) is 0.540. The van der Waals surface area contributed by atoms with Crippen LogP contribution < -0.4 is 0 Å². The average Bonchev–Trinajstić information content (AvgIpc) is 3.44. The van der Waals surface area contributed by atoms with Gasteiger partial charge in [-0.25, -0.2) is 13.2 Å². The van der Waals surface area contributed by atoms with Crippen LogP contribution >= 0.6 is 0 Å². The van der Waals surface area contributed by atoms with Gasteiger partial charge < -0.3 is 10.0 Å². The number of rotatable bonds is 7. The summed E-state index contributed by atoms with van der Waals surface area (Å²) in [6.45, 7) is -1.45. The maximum absolute atomic E-state index is 14.0. The number of amides is 1. The van der Waals surface area contributed by atoms with Crippen molar-refractivity contribution < 1.29 is 31.5 Å². The first-order valence-corrected chi connectivity index (χ1v) is 10.8. The van der Waals surface area contributed by atoms with Gasteiger partial charge in [-0.15, -0.1) is 0 Å². The van der Waals surface area contributed by atoms with Gasteiger partial charge in [0.1, 0.15) is 23.2 Å². The molecule has 1 aliphatic heterocycles. The van der Waals surface area contributed by atoms with Crippen molar-refractivity contribution in [3.63, 3.8) is 0 Å². The molecule has 0 fully saturated rings. The van der Waals surface area contributed by atoms with Crippen LogP contribution in [0.4, 0.5) is 13.2 Å². The zero-order chi connectivity index (χ0) is 23.0. The van der Waals surface area contributed by atoms with Gasteiger partial charge in [0.25, 0.3) is 16.4 Å². The first kappa shape index (κ1) is 22.0. The summed E-state index contributed by atoms with van der Waals surface area (Å²) in [5.41, 5.74) is 0.568. The summed E-state index contributed by atoms with van der Waals surface area (Å²) in [5.74, 6) is -2.51. The molecule has 0 unspecified atom stereocenters. The highest BCUT2D eigenvalue weighted by Gasteiger charge is 2.35. The molecule has 0 bridgehead atoms. The number of halogens is 3. The number of hydrogen-bond donors (Lipinski definition) is 1. The van der Waals surface area contributed by atoms with Crippen molar-refractivity contribution >= 4 is 15.9 Å². The first-order valence-electron chi connectivity index (χ1n) is 9.34. The van der Waals surface area contributed by atoms with Crippen LogP contribution in [0.3, 0.4) is 0 Å². The molecule has 10 nitrogen and oxygen atoms in total. The second-order valence-corrected chi connectivity index (χ2v) is 8.86. The first-order chi connectivity index (χ1) is 15.2. The maximum Gasteiger partial charge on any atom is 0.286 e. The van der Waals surface area contributed by atoms with Gasteiger partial charge >= 0.3 is 0 Å². The standard InChI is InChI=1S/C18H17F3N6O4S/c19-14-2-1-3-22-17(14)13(10-28)18(29)25-5-11-6-27(24-15(11)8-25)32(30,31)12-4-23-26(7-12)9-16(20)21/h1-4,6-7,13,16,28H,5,8-10H2/t13-/m0/s1. The molecule has 3 aromatic rings. The fourth-order valence-corrected chi connectivity index (χ4v) is 4.51. The third-order valence-electron chi connectivity index (χ3n) is 4.95. The van der Waals surface area contributed by atoms with Crippen molar-refractivity contribution in [2.45, 2.75) is 36.9 Å². The molecule has 3 aromatic heterocycles. The summed E-state index contributed by atoms with van der Waals surface area (Å²) >= 11 is 0. The van der Waals surface area contributed by atoms with Crippen molar-refractivity contribution in [2.24, 2.45) is 0 Å². The summed E-state index contributed by atoms with van der Waals surface area (Å²) in [5, 5.41) is 17.3. The monoisotopic (exact) mass is 470 g/mol. The number of aromatic nitrogens is 5. The van der Waals surface area contributed by atoms with Gasteiger partial charge in [0.05, 0.1) is 30.7 Å². The van der Waals surface area contributed by atoms with Crippen molar-refractivity contribution in [1.82, 2.24) is 28.9 Å². The molecule has 14 heteroatoms. The Kier molecular flexibility index (Phi) is 5.73. The van der Waals surface area contributed by atoms with Gasteiger partial charge in [-0.3, -0.25) is 14.5 Å². The zero-order valence-electron chi connectivity index (χ0n) is 16.3. The van der Waals surface area contributed by atoms with Crippen molar-refractivity contribution in [3.8, 4) is 0 Å². The molecule has 0 spiro atoms. The molecule has 170 valence electrons. The SMILES string of the molecule is O=C([C@@H](CO)c1ncccc1F)N1Cc2cn(S(=O)(=O)c3cnn(CC(F)F)c3)nc2C1. The highest BCUT2D eigenvalue weighted by atomic mass is 32.2. The Bertz CT molecular complexity index is 1240. The van der Waals surface area contributed by atoms with Gasteiger partial charge in [0.15, 0.2) is 0 Å². The summed E-state index contributed by atoms with van der Waals surface area (Å²) in [4.78, 5) is 17.7. The Labute approximate surface area is 180 Å². The van der Waals surface area contributed by atoms with Gasteiger partial charge in [-0.2, -0.15) is 22.7 Å². The van der Waals surface area contributed by atoms with E-state index in [4.69, 9.17) is 0 Å². The number of aliphatic hydroxyl groups excluding tert-OH is 1. The molecular weight excluding hydrogens is 453 g/mol. The van der Waals surface area contributed by atoms with Gasteiger partial charge in [0, 0.05) is 30.7 Å². The predicted molar refractivity (Wildman–Crippen MR) is 101 cm³/mol. The molecule has 4 rings (SSSR count). The van der Waals surface area contributed by atoms with E-state index in [1.54, 1.807) is 0 Å². The molecule has 4 heterocycles. The molecule has 1 aliphatic rings. The van der Waals surface area contributed by atoms with Crippen molar-refractivity contribution in [1.29, 1.82) is 0 Å². The molecule has 32 heavy (non-hydrogen) atoms. The zero-order valence-corrected chi connectivity index (χ0v) is 17.2. The summed E-state index contributed by atoms with van der Waals surface area (Å²) in [6, 6.07) is 2.50. The summed E-state index contributed by atoms with van der Waals surface area (Å²) in [7, 11) is -4.16. The lowest BCUT2D eigenvalue weighted by atomic mass is 10.0. The number of hydrogen-bond acceptors (Lipinski definition) is 7. The molecule has 0 saturated heterocycles. The van der Waals surface area contributed by atoms with Crippen LogP contribution in [0.1, 0.15) is 22.9 Å². The van der Waals surface area contributed by atoms with E-state index in [9.17, 15) is 31.5 Å². The minimum absolute atomic E-state index is 0.000711. The average molecular weight is 470 g/mol. The molecule has 0 aliphatic carbocycles. The molecule has 1 amide bonds. The Morgan fingerprint density at radius 1 is 1.25 bits per heavy atom. The number of nitrogens with zero attached hydrogens (tertiary/aromatic N) is 6. The molecular formula is C18H17F3N6O4S. The van der Waals surface area contributed by atoms with Gasteiger partial charge in [-0.05, 0) is 12.1 Å². The second-order valence-electron chi connectivity index (χ2n) is 7.07. The lowest BCUT2D eigenvalue weighted by molar-refractivity contribution is -0.134. The van der Waals surface area contributed by atoms with E-state index >= 15 is 0 Å². The van der Waals surface area contributed by atoms with Gasteiger partial charge in [-0.1, -0.05) is 0 Å². The Hall–Kier alpha value is -3.26. The highest BCUT2D eigenvalue weighted by molar-refractivity contribution is 7.89. The smallest absolute Gasteiger partial charge is 0.286 e. The van der Waals surface area contributed by atoms with Crippen LogP contribution in [0, 0.1) is 5.82 Å². The van der Waals surface area contributed by atoms with E-state index in [1.165, 1.54) is 23.4 Å². The Morgan fingerprint density at radius 3 is 2.69 bits per heavy atom. The number of fused-ring (bicyclic) bond motifs is 1. The molecule has 1 atom stereocenters. The van der Waals surface area contributed by atoms with E-state index < -0.39 is 47.2 Å². The number of carbonyl (C=O) groups excluding carboxylic acids is 1. The van der Waals surface area contributed by atoms with E-state index in [0.29, 0.717) is 15.3 Å². The predicted octanol–water partition coefficient (Wildman–Crippen LogP) is 0.734. The molecule has 1 N–H and O–H groups in total. The lowest BCUT2D eigenvalue weighted by Crippen LogP contribution is -2.34. The molecule has 0 radical (unpaired) electrons. The number of alkyl halides is 2. The van der Waals surface area contributed by atoms with Crippen LogP contribution in [0.5, 0.6) is 0 Å². The van der Waals surface area contributed by atoms with Crippen LogP contribution in [0.2, 0.25) is 0 Å². The fourth-order valence-electron chi connectivity index (χ4n) is 3.39. The maximum atomic E-state index is 14.0. The Morgan fingerprint density at radius 2 is 2.03 bits per heavy atom. The largest absolute Gasteiger partial charge is 0.395 e. The Balaban J connectivity index is 1.52. The van der Waals surface area contributed by atoms with E-state index in [1.807, 2.05) is 0 Å². The molecule has 0 aromatic carbocycles. The number of carbonyl (C=O) groups is 1. The topological polar surface area (TPSA) is 123 Å². The lowest BCUT2D eigenvalue weighted by Gasteiger charge is -2.21. The van der Waals surface area contributed by atoms with Crippen LogP contribution in [0.15, 0.2) is 41.8 Å². The fraction of sp³-hybridized carbons (Fsp3) is 0.333. The van der Waals surface area contributed by atoms with E-state index in [2.05, 4.69) is 15.2 Å². The van der Waals surface area contributed by atoms with Gasteiger partial charge in [0.2, 0.25) is 5.91 Å². The minimum atomic E-state index is -4.16. The number of pyridine rings is 1. The third-order valence-corrected chi connectivity index (χ3v) is 6.43. The van der Waals surface area contributed by atoms with Crippen molar-refractivity contribution in [3.05, 3.63) is 59.7 Å². The summed E-state index contributed by atoms with van der Waals surface area (Å²) < 4.78 is 65.9. The normalized spacial score (nSPS) is 14.7. The summed E-state index contributed by atoms with van der Waals surface area (Å²) in [6.07, 6.45) is 1.78. The number of aliphatic hydroxyl groups is 1. The third kappa shape index (κ3) is 3.98. The van der Waals surface area contributed by atoms with Crippen LogP contribution in [0.25, 0.3) is 0 Å². The molecule has 0 saturated carbocycles. The highest BCUT2D eigenvalue weighted by Crippen LogP contribution is 2.28. The second kappa shape index (κ2) is 8.35. The van der Waals surface area contributed by atoms with Crippen LogP contribution in [-0.4, -0.2) is 61.3 Å². The van der Waals surface area contributed by atoms with Crippen molar-refractivity contribution in [2.75, 3.05) is 6.61 Å². The van der Waals surface area contributed by atoms with E-state index in [0.717, 1.165) is 23.1 Å². The van der Waals surface area contributed by atoms with Crippen LogP contribution in [-0.2, 0) is 34.5 Å². The minimum Gasteiger partial charge on any atom is -0.395 e.